The minimum absolute atomic E-state index is 0.0373. The summed E-state index contributed by atoms with van der Waals surface area (Å²) in [4.78, 5) is 25.7. The van der Waals surface area contributed by atoms with Gasteiger partial charge in [0.25, 0.3) is 0 Å². The molecule has 0 aliphatic carbocycles. The molecule has 0 amide bonds. The summed E-state index contributed by atoms with van der Waals surface area (Å²) in [6, 6.07) is 19.8. The van der Waals surface area contributed by atoms with Crippen molar-refractivity contribution in [1.29, 1.82) is 0 Å². The van der Waals surface area contributed by atoms with E-state index in [4.69, 9.17) is 23.7 Å². The first-order chi connectivity index (χ1) is 22.0. The number of hydrogen-bond acceptors (Lipinski definition) is 9. The second kappa shape index (κ2) is 14.4. The highest BCUT2D eigenvalue weighted by Gasteiger charge is 2.16. The third kappa shape index (κ3) is 6.82. The molecule has 0 aliphatic rings. The van der Waals surface area contributed by atoms with Crippen molar-refractivity contribution in [2.75, 3.05) is 52.9 Å². The number of halogens is 2. The summed E-state index contributed by atoms with van der Waals surface area (Å²) in [5.74, 6) is -0.248. The zero-order valence-corrected chi connectivity index (χ0v) is 25.6. The van der Waals surface area contributed by atoms with Crippen molar-refractivity contribution in [2.45, 2.75) is 0 Å². The Morgan fingerprint density at radius 1 is 0.489 bits per heavy atom. The SMILES string of the molecule is O=c1c2ccccc2sc2c(OCCOCCOCCOCCOc3ccc(F)c4c(=O)c5ccccc5sc34)ccc(F)c12. The lowest BCUT2D eigenvalue weighted by atomic mass is 10.1. The normalized spacial score (nSPS) is 11.6. The molecule has 0 saturated heterocycles. The van der Waals surface area contributed by atoms with Crippen LogP contribution in [0, 0.1) is 11.6 Å². The van der Waals surface area contributed by atoms with Crippen LogP contribution in [0.25, 0.3) is 40.3 Å². The van der Waals surface area contributed by atoms with Crippen LogP contribution in [0.1, 0.15) is 0 Å². The van der Waals surface area contributed by atoms with Crippen molar-refractivity contribution in [3.05, 3.63) is 105 Å². The second-order valence-corrected chi connectivity index (χ2v) is 12.0. The summed E-state index contributed by atoms with van der Waals surface area (Å²) in [7, 11) is 0. The van der Waals surface area contributed by atoms with E-state index in [0.29, 0.717) is 71.3 Å². The molecule has 0 atom stereocenters. The van der Waals surface area contributed by atoms with Gasteiger partial charge in [-0.25, -0.2) is 8.78 Å². The predicted octanol–water partition coefficient (Wildman–Crippen LogP) is 6.93. The number of rotatable bonds is 14. The minimum Gasteiger partial charge on any atom is -0.490 e. The fraction of sp³-hybridized carbons (Fsp3) is 0.235. The fourth-order valence-corrected chi connectivity index (χ4v) is 7.18. The Hall–Kier alpha value is -4.00. The molecule has 0 N–H and O–H groups in total. The third-order valence-electron chi connectivity index (χ3n) is 7.00. The van der Waals surface area contributed by atoms with Gasteiger partial charge in [-0.15, -0.1) is 22.7 Å². The molecule has 0 unspecified atom stereocenters. The minimum atomic E-state index is -0.566. The monoisotopic (exact) mass is 650 g/mol. The molecule has 0 saturated carbocycles. The maximum absolute atomic E-state index is 14.5. The van der Waals surface area contributed by atoms with E-state index < -0.39 is 11.6 Å². The van der Waals surface area contributed by atoms with Crippen molar-refractivity contribution in [1.82, 2.24) is 0 Å². The average Bonchev–Trinajstić information content (AvgIpc) is 3.05. The van der Waals surface area contributed by atoms with E-state index in [9.17, 15) is 18.4 Å². The lowest BCUT2D eigenvalue weighted by molar-refractivity contribution is 0.00513. The van der Waals surface area contributed by atoms with Crippen molar-refractivity contribution in [3.8, 4) is 11.5 Å². The predicted molar refractivity (Wildman–Crippen MR) is 175 cm³/mol. The van der Waals surface area contributed by atoms with E-state index in [1.807, 2.05) is 24.3 Å². The van der Waals surface area contributed by atoms with Crippen LogP contribution < -0.4 is 20.3 Å². The maximum Gasteiger partial charge on any atom is 0.198 e. The highest BCUT2D eigenvalue weighted by atomic mass is 32.1. The van der Waals surface area contributed by atoms with Gasteiger partial charge in [-0.2, -0.15) is 0 Å². The number of benzene rings is 4. The zero-order valence-electron chi connectivity index (χ0n) is 24.0. The van der Waals surface area contributed by atoms with E-state index in [2.05, 4.69) is 0 Å². The largest absolute Gasteiger partial charge is 0.490 e. The Morgan fingerprint density at radius 2 is 0.867 bits per heavy atom. The van der Waals surface area contributed by atoms with Crippen LogP contribution in [0.4, 0.5) is 8.78 Å². The van der Waals surface area contributed by atoms with E-state index >= 15 is 0 Å². The van der Waals surface area contributed by atoms with Crippen molar-refractivity contribution in [2.24, 2.45) is 0 Å². The van der Waals surface area contributed by atoms with Crippen LogP contribution in [0.15, 0.2) is 82.4 Å². The van der Waals surface area contributed by atoms with Gasteiger partial charge in [0.1, 0.15) is 36.3 Å². The summed E-state index contributed by atoms with van der Waals surface area (Å²) in [5, 5.41) is 1.05. The topological polar surface area (TPSA) is 80.3 Å². The van der Waals surface area contributed by atoms with Crippen molar-refractivity contribution < 1.29 is 32.5 Å². The highest BCUT2D eigenvalue weighted by Crippen LogP contribution is 2.34. The molecular weight excluding hydrogens is 622 g/mol. The molecule has 232 valence electrons. The second-order valence-electron chi connectivity index (χ2n) is 9.89. The first-order valence-electron chi connectivity index (χ1n) is 14.3. The average molecular weight is 651 g/mol. The smallest absolute Gasteiger partial charge is 0.198 e. The highest BCUT2D eigenvalue weighted by molar-refractivity contribution is 7.25. The molecule has 4 aromatic carbocycles. The van der Waals surface area contributed by atoms with Crippen LogP contribution in [0.3, 0.4) is 0 Å². The van der Waals surface area contributed by atoms with Gasteiger partial charge in [-0.05, 0) is 48.5 Å². The summed E-state index contributed by atoms with van der Waals surface area (Å²) >= 11 is 2.64. The van der Waals surface area contributed by atoms with Crippen LogP contribution in [0.5, 0.6) is 11.5 Å². The van der Waals surface area contributed by atoms with E-state index in [-0.39, 0.29) is 34.8 Å². The summed E-state index contributed by atoms with van der Waals surface area (Å²) in [6.07, 6.45) is 0. The van der Waals surface area contributed by atoms with Gasteiger partial charge in [-0.1, -0.05) is 24.3 Å². The number of ether oxygens (including phenoxy) is 5. The quantitative estimate of drug-likeness (QED) is 0.0935. The van der Waals surface area contributed by atoms with Crippen LogP contribution in [-0.4, -0.2) is 52.9 Å². The van der Waals surface area contributed by atoms with E-state index in [1.54, 1.807) is 24.3 Å². The van der Waals surface area contributed by atoms with E-state index in [1.165, 1.54) is 46.9 Å². The number of hydrogen-bond donors (Lipinski definition) is 0. The van der Waals surface area contributed by atoms with Crippen LogP contribution in [0.2, 0.25) is 0 Å². The molecule has 6 aromatic rings. The molecule has 2 aromatic heterocycles. The van der Waals surface area contributed by atoms with Gasteiger partial charge in [0.15, 0.2) is 10.9 Å². The van der Waals surface area contributed by atoms with E-state index in [0.717, 1.165) is 9.40 Å². The lowest BCUT2D eigenvalue weighted by Gasteiger charge is -2.11. The van der Waals surface area contributed by atoms with Gasteiger partial charge in [0, 0.05) is 20.2 Å². The van der Waals surface area contributed by atoms with Crippen LogP contribution >= 0.6 is 22.7 Å². The lowest BCUT2D eigenvalue weighted by Crippen LogP contribution is -2.14. The first kappa shape index (κ1) is 31.0. The van der Waals surface area contributed by atoms with Crippen molar-refractivity contribution in [3.63, 3.8) is 0 Å². The fourth-order valence-electron chi connectivity index (χ4n) is 4.87. The molecule has 11 heteroatoms. The Labute approximate surface area is 264 Å². The molecule has 45 heavy (non-hydrogen) atoms. The Balaban J connectivity index is 0.881. The van der Waals surface area contributed by atoms with Crippen molar-refractivity contribution >= 4 is 63.0 Å². The zero-order chi connectivity index (χ0) is 31.2. The van der Waals surface area contributed by atoms with Gasteiger partial charge < -0.3 is 23.7 Å². The summed E-state index contributed by atoms with van der Waals surface area (Å²) < 4.78 is 59.8. The third-order valence-corrected chi connectivity index (χ3v) is 9.37. The van der Waals surface area contributed by atoms with Crippen LogP contribution in [-0.2, 0) is 14.2 Å². The first-order valence-corrected chi connectivity index (χ1v) is 15.9. The molecule has 0 radical (unpaired) electrons. The molecule has 7 nitrogen and oxygen atoms in total. The summed E-state index contributed by atoms with van der Waals surface area (Å²) in [6.45, 7) is 2.47. The van der Waals surface area contributed by atoms with Gasteiger partial charge >= 0.3 is 0 Å². The molecule has 0 spiro atoms. The molecule has 0 bridgehead atoms. The molecule has 0 aliphatic heterocycles. The van der Waals surface area contributed by atoms with Gasteiger partial charge in [0.2, 0.25) is 0 Å². The standard InChI is InChI=1S/C34H28F2O7S2/c35-23-9-11-25(33-29(23)31(37)21-5-1-3-7-27(21)44-33)42-19-17-40-15-13-39-14-16-41-18-20-43-26-12-10-24(36)30-32(38)22-6-2-4-8-28(22)45-34(26)30/h1-12H,13-20H2. The number of fused-ring (bicyclic) bond motifs is 4. The van der Waals surface area contributed by atoms with Gasteiger partial charge in [-0.3, -0.25) is 9.59 Å². The molecule has 6 rings (SSSR count). The Bertz CT molecular complexity index is 1950. The van der Waals surface area contributed by atoms with Gasteiger partial charge in [0.05, 0.1) is 59.8 Å². The Morgan fingerprint density at radius 3 is 1.29 bits per heavy atom. The summed E-state index contributed by atoms with van der Waals surface area (Å²) in [5.41, 5.74) is -0.691. The molecular formula is C34H28F2O7S2. The Kier molecular flexibility index (Phi) is 9.92. The molecule has 2 heterocycles. The molecule has 0 fully saturated rings. The maximum atomic E-state index is 14.5.